The lowest BCUT2D eigenvalue weighted by atomic mass is 9.80. The second-order valence-corrected chi connectivity index (χ2v) is 5.43. The second kappa shape index (κ2) is 3.57. The number of nitrogens with one attached hydrogen (secondary N) is 1. The van der Waals surface area contributed by atoms with Crippen LogP contribution in [0.25, 0.3) is 0 Å². The van der Waals surface area contributed by atoms with Gasteiger partial charge in [0.15, 0.2) is 0 Å². The largest absolute Gasteiger partial charge is 0.396 e. The van der Waals surface area contributed by atoms with Crippen LogP contribution in [0, 0.1) is 11.8 Å². The van der Waals surface area contributed by atoms with Crippen LogP contribution >= 0.6 is 0 Å². The summed E-state index contributed by atoms with van der Waals surface area (Å²) in [6.45, 7) is 3.69. The Labute approximate surface area is 96.7 Å². The molecule has 2 fully saturated rings. The summed E-state index contributed by atoms with van der Waals surface area (Å²) < 4.78 is 0. The van der Waals surface area contributed by atoms with Gasteiger partial charge in [-0.2, -0.15) is 0 Å². The van der Waals surface area contributed by atoms with Crippen LogP contribution in [0.1, 0.15) is 24.8 Å². The average Bonchev–Trinajstić information content (AvgIpc) is 2.79. The molecule has 86 valence electrons. The van der Waals surface area contributed by atoms with Gasteiger partial charge in [0, 0.05) is 24.0 Å². The van der Waals surface area contributed by atoms with Crippen LogP contribution in [0.5, 0.6) is 0 Å². The van der Waals surface area contributed by atoms with Gasteiger partial charge in [0.2, 0.25) is 0 Å². The van der Waals surface area contributed by atoms with Crippen molar-refractivity contribution in [2.75, 3.05) is 13.2 Å². The van der Waals surface area contributed by atoms with Crippen molar-refractivity contribution in [3.8, 4) is 0 Å². The van der Waals surface area contributed by atoms with E-state index in [2.05, 4.69) is 42.6 Å². The minimum atomic E-state index is 0.0980. The second-order valence-electron chi connectivity index (χ2n) is 5.43. The van der Waals surface area contributed by atoms with E-state index in [0.29, 0.717) is 24.4 Å². The lowest BCUT2D eigenvalue weighted by Gasteiger charge is -2.34. The number of aliphatic hydroxyl groups is 1. The fraction of sp³-hybridized carbons (Fsp3) is 0.571. The van der Waals surface area contributed by atoms with Gasteiger partial charge in [-0.1, -0.05) is 30.3 Å². The quantitative estimate of drug-likeness (QED) is 0.791. The fourth-order valence-corrected chi connectivity index (χ4v) is 3.84. The van der Waals surface area contributed by atoms with E-state index in [4.69, 9.17) is 0 Å². The van der Waals surface area contributed by atoms with Gasteiger partial charge in [0.05, 0.1) is 0 Å². The van der Waals surface area contributed by atoms with Gasteiger partial charge in [-0.3, -0.25) is 0 Å². The summed E-state index contributed by atoms with van der Waals surface area (Å²) in [6.07, 6.45) is 1.17. The first-order chi connectivity index (χ1) is 7.75. The number of piperidine rings is 1. The molecule has 0 aromatic heterocycles. The molecular weight excluding hydrogens is 198 g/mol. The number of aliphatic hydroxyl groups excluding tert-OH is 1. The van der Waals surface area contributed by atoms with Gasteiger partial charge >= 0.3 is 0 Å². The van der Waals surface area contributed by atoms with Gasteiger partial charge in [-0.15, -0.1) is 0 Å². The molecule has 2 aliphatic rings. The lowest BCUT2D eigenvalue weighted by Crippen LogP contribution is -2.47. The molecule has 2 nitrogen and oxygen atoms in total. The molecule has 0 radical (unpaired) electrons. The molecule has 0 amide bonds. The van der Waals surface area contributed by atoms with Gasteiger partial charge in [-0.05, 0) is 31.4 Å². The van der Waals surface area contributed by atoms with Crippen molar-refractivity contribution >= 4 is 0 Å². The van der Waals surface area contributed by atoms with E-state index in [-0.39, 0.29) is 5.54 Å². The zero-order valence-corrected chi connectivity index (χ0v) is 9.69. The first-order valence-electron chi connectivity index (χ1n) is 6.16. The monoisotopic (exact) mass is 217 g/mol. The van der Waals surface area contributed by atoms with Crippen LogP contribution in [-0.2, 0) is 0 Å². The van der Waals surface area contributed by atoms with Crippen LogP contribution in [0.4, 0.5) is 0 Å². The SMILES string of the molecule is C[C@@]12NC[C@@H](C[C@H]1CO)[C@@H]2c1ccccc1. The lowest BCUT2D eigenvalue weighted by molar-refractivity contribution is 0.148. The van der Waals surface area contributed by atoms with Gasteiger partial charge < -0.3 is 10.4 Å². The third-order valence-electron chi connectivity index (χ3n) is 4.68. The molecule has 1 saturated heterocycles. The van der Waals surface area contributed by atoms with Gasteiger partial charge in [0.1, 0.15) is 0 Å². The highest BCUT2D eigenvalue weighted by molar-refractivity contribution is 5.30. The van der Waals surface area contributed by atoms with Crippen molar-refractivity contribution < 1.29 is 5.11 Å². The van der Waals surface area contributed by atoms with Crippen LogP contribution < -0.4 is 5.32 Å². The van der Waals surface area contributed by atoms with Crippen molar-refractivity contribution in [1.82, 2.24) is 5.32 Å². The molecule has 1 aromatic carbocycles. The third-order valence-corrected chi connectivity index (χ3v) is 4.68. The summed E-state index contributed by atoms with van der Waals surface area (Å²) in [5, 5.41) is 13.1. The molecule has 2 heteroatoms. The molecule has 1 aliphatic carbocycles. The van der Waals surface area contributed by atoms with Crippen LogP contribution in [0.3, 0.4) is 0 Å². The molecule has 16 heavy (non-hydrogen) atoms. The smallest absolute Gasteiger partial charge is 0.0477 e. The average molecular weight is 217 g/mol. The van der Waals surface area contributed by atoms with E-state index in [1.165, 1.54) is 12.0 Å². The maximum absolute atomic E-state index is 9.48. The predicted octanol–water partition coefficient (Wildman–Crippen LogP) is 1.76. The zero-order valence-electron chi connectivity index (χ0n) is 9.69. The molecule has 0 spiro atoms. The van der Waals surface area contributed by atoms with Crippen molar-refractivity contribution in [3.63, 3.8) is 0 Å². The zero-order chi connectivity index (χ0) is 11.2. The first kappa shape index (κ1) is 10.3. The summed E-state index contributed by atoms with van der Waals surface area (Å²) in [4.78, 5) is 0. The molecule has 1 saturated carbocycles. The molecule has 0 unspecified atom stereocenters. The molecule has 1 aromatic rings. The Morgan fingerprint density at radius 3 is 2.75 bits per heavy atom. The molecule has 3 rings (SSSR count). The van der Waals surface area contributed by atoms with Crippen molar-refractivity contribution in [3.05, 3.63) is 35.9 Å². The summed E-state index contributed by atoms with van der Waals surface area (Å²) in [7, 11) is 0. The molecule has 1 aliphatic heterocycles. The Kier molecular flexibility index (Phi) is 2.30. The summed E-state index contributed by atoms with van der Waals surface area (Å²) in [6, 6.07) is 10.7. The van der Waals surface area contributed by atoms with Gasteiger partial charge in [0.25, 0.3) is 0 Å². The topological polar surface area (TPSA) is 32.3 Å². The van der Waals surface area contributed by atoms with E-state index < -0.39 is 0 Å². The highest BCUT2D eigenvalue weighted by atomic mass is 16.3. The van der Waals surface area contributed by atoms with Crippen LogP contribution in [0.15, 0.2) is 30.3 Å². The van der Waals surface area contributed by atoms with E-state index in [9.17, 15) is 5.11 Å². The highest BCUT2D eigenvalue weighted by Gasteiger charge is 2.56. The summed E-state index contributed by atoms with van der Waals surface area (Å²) in [5.74, 6) is 1.69. The van der Waals surface area contributed by atoms with Crippen LogP contribution in [0.2, 0.25) is 0 Å². The number of rotatable bonds is 2. The molecule has 2 bridgehead atoms. The highest BCUT2D eigenvalue weighted by Crippen LogP contribution is 2.53. The Hall–Kier alpha value is -0.860. The number of fused-ring (bicyclic) bond motifs is 2. The van der Waals surface area contributed by atoms with E-state index in [1.807, 2.05) is 0 Å². The van der Waals surface area contributed by atoms with Gasteiger partial charge in [-0.25, -0.2) is 0 Å². The Morgan fingerprint density at radius 1 is 1.38 bits per heavy atom. The minimum Gasteiger partial charge on any atom is -0.396 e. The standard InChI is InChI=1S/C14H19NO/c1-14-12(9-16)7-11(8-15-14)13(14)10-5-3-2-4-6-10/h2-6,11-13,15-16H,7-9H2,1H3/t11-,12+,13+,14-/m1/s1. The molecule has 2 N–H and O–H groups in total. The van der Waals surface area contributed by atoms with E-state index in [1.54, 1.807) is 0 Å². The molecular formula is C14H19NO. The maximum atomic E-state index is 9.48. The number of benzene rings is 1. The van der Waals surface area contributed by atoms with Crippen molar-refractivity contribution in [2.45, 2.75) is 24.8 Å². The summed E-state index contributed by atoms with van der Waals surface area (Å²) in [5.41, 5.74) is 1.52. The maximum Gasteiger partial charge on any atom is 0.0477 e. The minimum absolute atomic E-state index is 0.0980. The Balaban J connectivity index is 1.98. The number of hydrogen-bond acceptors (Lipinski definition) is 2. The van der Waals surface area contributed by atoms with E-state index >= 15 is 0 Å². The van der Waals surface area contributed by atoms with Crippen LogP contribution in [-0.4, -0.2) is 23.8 Å². The molecule has 4 atom stereocenters. The number of hydrogen-bond donors (Lipinski definition) is 2. The van der Waals surface area contributed by atoms with E-state index in [0.717, 1.165) is 6.54 Å². The third kappa shape index (κ3) is 1.26. The Morgan fingerprint density at radius 2 is 2.12 bits per heavy atom. The molecule has 1 heterocycles. The summed E-state index contributed by atoms with van der Waals surface area (Å²) >= 11 is 0. The van der Waals surface area contributed by atoms with Crippen molar-refractivity contribution in [1.29, 1.82) is 0 Å². The normalized spacial score (nSPS) is 41.5. The predicted molar refractivity (Wildman–Crippen MR) is 64.3 cm³/mol. The fourth-order valence-electron chi connectivity index (χ4n) is 3.84. The van der Waals surface area contributed by atoms with Crippen molar-refractivity contribution in [2.24, 2.45) is 11.8 Å². The Bertz CT molecular complexity index is 378. The first-order valence-corrected chi connectivity index (χ1v) is 6.16.